The van der Waals surface area contributed by atoms with Gasteiger partial charge < -0.3 is 5.32 Å². The molecule has 1 amide bonds. The molecule has 0 bridgehead atoms. The number of nitrogens with one attached hydrogen (secondary N) is 1. The molecule has 1 atom stereocenters. The van der Waals surface area contributed by atoms with Gasteiger partial charge in [-0.05, 0) is 45.2 Å². The second kappa shape index (κ2) is 8.66. The molecule has 1 heterocycles. The molecule has 1 N–H and O–H groups in total. The van der Waals surface area contributed by atoms with Crippen LogP contribution in [0.2, 0.25) is 0 Å². The highest BCUT2D eigenvalue weighted by Crippen LogP contribution is 2.20. The molecule has 1 unspecified atom stereocenters. The molecule has 1 aliphatic carbocycles. The molecule has 0 aromatic rings. The van der Waals surface area contributed by atoms with E-state index >= 15 is 0 Å². The molecule has 2 rings (SSSR count). The normalized spacial score (nSPS) is 26.8. The molecule has 3 nitrogen and oxygen atoms in total. The maximum absolute atomic E-state index is 12.6. The molecule has 1 aliphatic heterocycles. The van der Waals surface area contributed by atoms with Crippen LogP contribution in [0.15, 0.2) is 0 Å². The smallest absolute Gasteiger partial charge is 0.237 e. The van der Waals surface area contributed by atoms with Gasteiger partial charge in [0.1, 0.15) is 0 Å². The summed E-state index contributed by atoms with van der Waals surface area (Å²) in [5.74, 6) is 0.309. The summed E-state index contributed by atoms with van der Waals surface area (Å²) in [5, 5.41) is 3.36. The average molecular weight is 280 g/mol. The topological polar surface area (TPSA) is 32.3 Å². The lowest BCUT2D eigenvalue weighted by atomic mass is 9.95. The largest absolute Gasteiger partial charge is 0.352 e. The Labute approximate surface area is 124 Å². The van der Waals surface area contributed by atoms with Gasteiger partial charge in [-0.1, -0.05) is 45.4 Å². The summed E-state index contributed by atoms with van der Waals surface area (Å²) < 4.78 is 0. The Hall–Kier alpha value is -0.570. The minimum Gasteiger partial charge on any atom is -0.352 e. The summed E-state index contributed by atoms with van der Waals surface area (Å²) in [6, 6.07) is 0.586. The number of amides is 1. The number of likely N-dealkylation sites (tertiary alicyclic amines) is 1. The van der Waals surface area contributed by atoms with Gasteiger partial charge >= 0.3 is 0 Å². The second-order valence-electron chi connectivity index (χ2n) is 6.60. The van der Waals surface area contributed by atoms with Crippen LogP contribution in [0.5, 0.6) is 0 Å². The number of rotatable bonds is 4. The van der Waals surface area contributed by atoms with Crippen LogP contribution in [0.1, 0.15) is 77.6 Å². The van der Waals surface area contributed by atoms with Gasteiger partial charge in [0.2, 0.25) is 5.91 Å². The Morgan fingerprint density at radius 3 is 2.35 bits per heavy atom. The summed E-state index contributed by atoms with van der Waals surface area (Å²) in [6.07, 6.45) is 13.7. The summed E-state index contributed by atoms with van der Waals surface area (Å²) in [4.78, 5) is 15.0. The monoisotopic (exact) mass is 280 g/mol. The first-order valence-electron chi connectivity index (χ1n) is 8.85. The van der Waals surface area contributed by atoms with Crippen LogP contribution in [-0.2, 0) is 4.79 Å². The van der Waals surface area contributed by atoms with Crippen LogP contribution in [0, 0.1) is 0 Å². The summed E-state index contributed by atoms with van der Waals surface area (Å²) in [7, 11) is 0. The van der Waals surface area contributed by atoms with Crippen molar-refractivity contribution in [3.05, 3.63) is 0 Å². The number of piperidine rings is 1. The van der Waals surface area contributed by atoms with Gasteiger partial charge in [0, 0.05) is 6.04 Å². The van der Waals surface area contributed by atoms with Gasteiger partial charge in [-0.2, -0.15) is 0 Å². The van der Waals surface area contributed by atoms with Crippen molar-refractivity contribution >= 4 is 5.91 Å². The van der Waals surface area contributed by atoms with Crippen LogP contribution < -0.4 is 5.32 Å². The fraction of sp³-hybridized carbons (Fsp3) is 0.941. The molecule has 1 saturated carbocycles. The first-order valence-corrected chi connectivity index (χ1v) is 8.85. The van der Waals surface area contributed by atoms with Crippen LogP contribution in [0.25, 0.3) is 0 Å². The van der Waals surface area contributed by atoms with E-state index in [-0.39, 0.29) is 6.04 Å². The Morgan fingerprint density at radius 1 is 1.00 bits per heavy atom. The van der Waals surface area contributed by atoms with Crippen molar-refractivity contribution in [1.82, 2.24) is 10.2 Å². The van der Waals surface area contributed by atoms with Crippen LogP contribution in [-0.4, -0.2) is 36.0 Å². The van der Waals surface area contributed by atoms with Crippen LogP contribution >= 0.6 is 0 Å². The average Bonchev–Trinajstić information content (AvgIpc) is 2.42. The maximum atomic E-state index is 12.6. The van der Waals surface area contributed by atoms with E-state index in [1.165, 1.54) is 57.8 Å². The van der Waals surface area contributed by atoms with Crippen molar-refractivity contribution in [3.8, 4) is 0 Å². The van der Waals surface area contributed by atoms with Crippen molar-refractivity contribution in [1.29, 1.82) is 0 Å². The van der Waals surface area contributed by atoms with E-state index in [1.807, 2.05) is 0 Å². The van der Waals surface area contributed by atoms with E-state index in [0.29, 0.717) is 11.9 Å². The van der Waals surface area contributed by atoms with E-state index in [2.05, 4.69) is 17.1 Å². The highest BCUT2D eigenvalue weighted by molar-refractivity contribution is 5.82. The lowest BCUT2D eigenvalue weighted by Crippen LogP contribution is -2.52. The third-order valence-corrected chi connectivity index (χ3v) is 4.88. The Kier molecular flexibility index (Phi) is 6.85. The lowest BCUT2D eigenvalue weighted by molar-refractivity contribution is -0.128. The van der Waals surface area contributed by atoms with Crippen molar-refractivity contribution in [2.45, 2.75) is 89.6 Å². The Balaban J connectivity index is 1.84. The molecule has 1 saturated heterocycles. The Bertz CT molecular complexity index is 283. The molecule has 0 aromatic carbocycles. The van der Waals surface area contributed by atoms with Crippen molar-refractivity contribution < 1.29 is 4.79 Å². The van der Waals surface area contributed by atoms with E-state index in [0.717, 1.165) is 25.9 Å². The van der Waals surface area contributed by atoms with Gasteiger partial charge in [-0.25, -0.2) is 0 Å². The van der Waals surface area contributed by atoms with Gasteiger partial charge in [0.25, 0.3) is 0 Å². The molecule has 0 spiro atoms. The standard InChI is InChI=1S/C17H32N2O/c1-2-13-19-14-9-8-12-16(19)17(20)18-15-10-6-4-3-5-7-11-15/h15-16H,2-14H2,1H3,(H,18,20). The number of hydrogen-bond acceptors (Lipinski definition) is 2. The number of carbonyl (C=O) groups is 1. The molecule has 2 aliphatic rings. The lowest BCUT2D eigenvalue weighted by Gasteiger charge is -2.35. The minimum atomic E-state index is 0.147. The first kappa shape index (κ1) is 15.8. The van der Waals surface area contributed by atoms with Crippen LogP contribution in [0.4, 0.5) is 0 Å². The fourth-order valence-corrected chi connectivity index (χ4v) is 3.74. The quantitative estimate of drug-likeness (QED) is 0.855. The molecular formula is C17H32N2O. The molecule has 20 heavy (non-hydrogen) atoms. The molecule has 3 heteroatoms. The van der Waals surface area contributed by atoms with Crippen molar-refractivity contribution in [3.63, 3.8) is 0 Å². The second-order valence-corrected chi connectivity index (χ2v) is 6.60. The van der Waals surface area contributed by atoms with Crippen molar-refractivity contribution in [2.24, 2.45) is 0 Å². The summed E-state index contributed by atoms with van der Waals surface area (Å²) >= 11 is 0. The zero-order chi connectivity index (χ0) is 14.2. The molecule has 116 valence electrons. The highest BCUT2D eigenvalue weighted by atomic mass is 16.2. The third kappa shape index (κ3) is 4.76. The number of nitrogens with zero attached hydrogens (tertiary/aromatic N) is 1. The molecular weight excluding hydrogens is 248 g/mol. The van der Waals surface area contributed by atoms with E-state index < -0.39 is 0 Å². The molecule has 0 aromatic heterocycles. The predicted molar refractivity (Wildman–Crippen MR) is 83.8 cm³/mol. The van der Waals surface area contributed by atoms with E-state index in [1.54, 1.807) is 0 Å². The number of carbonyl (C=O) groups excluding carboxylic acids is 1. The first-order chi connectivity index (χ1) is 9.81. The van der Waals surface area contributed by atoms with E-state index in [9.17, 15) is 4.79 Å². The zero-order valence-corrected chi connectivity index (χ0v) is 13.2. The number of hydrogen-bond donors (Lipinski definition) is 1. The minimum absolute atomic E-state index is 0.147. The van der Waals surface area contributed by atoms with Gasteiger partial charge in [0.15, 0.2) is 0 Å². The third-order valence-electron chi connectivity index (χ3n) is 4.88. The van der Waals surface area contributed by atoms with Gasteiger partial charge in [-0.3, -0.25) is 9.69 Å². The molecule has 0 radical (unpaired) electrons. The predicted octanol–water partition coefficient (Wildman–Crippen LogP) is 3.48. The van der Waals surface area contributed by atoms with Crippen LogP contribution in [0.3, 0.4) is 0 Å². The van der Waals surface area contributed by atoms with Gasteiger partial charge in [0.05, 0.1) is 6.04 Å². The Morgan fingerprint density at radius 2 is 1.65 bits per heavy atom. The zero-order valence-electron chi connectivity index (χ0n) is 13.2. The fourth-order valence-electron chi connectivity index (χ4n) is 3.74. The highest BCUT2D eigenvalue weighted by Gasteiger charge is 2.29. The summed E-state index contributed by atoms with van der Waals surface area (Å²) in [5.41, 5.74) is 0. The molecule has 2 fully saturated rings. The summed E-state index contributed by atoms with van der Waals surface area (Å²) in [6.45, 7) is 4.39. The van der Waals surface area contributed by atoms with Crippen molar-refractivity contribution in [2.75, 3.05) is 13.1 Å². The van der Waals surface area contributed by atoms with E-state index in [4.69, 9.17) is 0 Å². The van der Waals surface area contributed by atoms with Gasteiger partial charge in [-0.15, -0.1) is 0 Å². The SMILES string of the molecule is CCCN1CCCCC1C(=O)NC1CCCCCCC1. The maximum Gasteiger partial charge on any atom is 0.237 e.